The molecule has 5 N–H and O–H groups in total. The lowest BCUT2D eigenvalue weighted by Crippen LogP contribution is -2.60. The van der Waals surface area contributed by atoms with Gasteiger partial charge in [-0.3, -0.25) is 0 Å². The van der Waals surface area contributed by atoms with Crippen LogP contribution < -0.4 is 4.74 Å². The maximum atomic E-state index is 12.7. The number of methoxy groups -OCH3 is 2. The zero-order valence-electron chi connectivity index (χ0n) is 22.2. The maximum Gasteiger partial charge on any atom is 0.337 e. The molecule has 13 heteroatoms. The van der Waals surface area contributed by atoms with E-state index in [0.717, 1.165) is 0 Å². The number of carbonyl (C=O) groups is 2. The van der Waals surface area contributed by atoms with Crippen LogP contribution in [0.5, 0.6) is 11.5 Å². The largest absolute Gasteiger partial charge is 0.504 e. The number of ether oxygens (including phenoxy) is 6. The summed E-state index contributed by atoms with van der Waals surface area (Å²) in [6.07, 6.45) is -5.08. The molecule has 1 aromatic rings. The summed E-state index contributed by atoms with van der Waals surface area (Å²) < 4.78 is 32.7. The fourth-order valence-electron chi connectivity index (χ4n) is 5.38. The Bertz CT molecular complexity index is 1130. The number of phenols is 1. The standard InChI is InChI=1S/C27H34O13/c1-12-17(38-20(30)7-5-13-4-6-16(29)18(8-13)35-2)9-14-15(25(34)36-3)11-37-26(21(12)14)40-27-24(33)23(32)22(31)19(10-28)39-27/h4-8,11-12,14,17,19,21-24,26-29,31-33H,9-10H2,1-3H3/b7-5+/t12-,14+,17-,19+,21+,22+,23-,24+,26-,27-/m0/s1. The molecule has 13 nitrogen and oxygen atoms in total. The second-order valence-corrected chi connectivity index (χ2v) is 9.92. The third-order valence-electron chi connectivity index (χ3n) is 7.61. The van der Waals surface area contributed by atoms with Crippen LogP contribution in [0.4, 0.5) is 0 Å². The SMILES string of the molecule is COC(=O)C1=CO[C@@H](O[C@@H]2O[C@H](CO)[C@@H](O)[C@H](O)[C@H]2O)[C@@H]2[C@@H](C)[C@@H](OC(=O)/C=C/c3ccc(O)c(OC)c3)C[C@H]12. The first-order valence-corrected chi connectivity index (χ1v) is 12.7. The van der Waals surface area contributed by atoms with Gasteiger partial charge >= 0.3 is 11.9 Å². The molecule has 1 aromatic carbocycles. The van der Waals surface area contributed by atoms with Gasteiger partial charge in [0.2, 0.25) is 6.29 Å². The van der Waals surface area contributed by atoms with Crippen molar-refractivity contribution in [2.24, 2.45) is 17.8 Å². The van der Waals surface area contributed by atoms with E-state index in [2.05, 4.69) is 0 Å². The fraction of sp³-hybridized carbons (Fsp3) is 0.556. The molecule has 2 heterocycles. The predicted molar refractivity (Wildman–Crippen MR) is 134 cm³/mol. The molecule has 0 amide bonds. The number of fused-ring (bicyclic) bond motifs is 1. The summed E-state index contributed by atoms with van der Waals surface area (Å²) in [5.41, 5.74) is 0.815. The molecule has 10 atom stereocenters. The zero-order valence-corrected chi connectivity index (χ0v) is 22.2. The number of aliphatic hydroxyl groups is 4. The Labute approximate surface area is 230 Å². The van der Waals surface area contributed by atoms with Crippen molar-refractivity contribution < 1.29 is 63.5 Å². The first kappa shape index (κ1) is 29.8. The van der Waals surface area contributed by atoms with Gasteiger partial charge < -0.3 is 54.0 Å². The van der Waals surface area contributed by atoms with Crippen LogP contribution in [0.25, 0.3) is 6.08 Å². The lowest BCUT2D eigenvalue weighted by Gasteiger charge is -2.43. The number of aromatic hydroxyl groups is 1. The second-order valence-electron chi connectivity index (χ2n) is 9.92. The van der Waals surface area contributed by atoms with E-state index in [1.807, 2.05) is 0 Å². The molecule has 220 valence electrons. The van der Waals surface area contributed by atoms with Crippen molar-refractivity contribution in [3.63, 3.8) is 0 Å². The van der Waals surface area contributed by atoms with Crippen LogP contribution in [-0.4, -0.2) is 101 Å². The molecule has 0 unspecified atom stereocenters. The Morgan fingerprint density at radius 1 is 1.10 bits per heavy atom. The molecule has 2 fully saturated rings. The van der Waals surface area contributed by atoms with Gasteiger partial charge in [-0.1, -0.05) is 13.0 Å². The molecule has 1 saturated heterocycles. The summed E-state index contributed by atoms with van der Waals surface area (Å²) in [4.78, 5) is 25.2. The molecule has 4 rings (SSSR count). The molecule has 0 spiro atoms. The number of carbonyl (C=O) groups excluding carboxylic acids is 2. The van der Waals surface area contributed by atoms with Gasteiger partial charge in [-0.15, -0.1) is 0 Å². The Morgan fingerprint density at radius 3 is 2.52 bits per heavy atom. The van der Waals surface area contributed by atoms with Gasteiger partial charge in [0.05, 0.1) is 32.7 Å². The first-order chi connectivity index (χ1) is 19.1. The smallest absolute Gasteiger partial charge is 0.337 e. The van der Waals surface area contributed by atoms with E-state index in [0.29, 0.717) is 5.56 Å². The molecule has 0 bridgehead atoms. The van der Waals surface area contributed by atoms with Gasteiger partial charge in [-0.05, 0) is 30.2 Å². The van der Waals surface area contributed by atoms with E-state index in [9.17, 15) is 35.1 Å². The number of rotatable bonds is 8. The maximum absolute atomic E-state index is 12.7. The van der Waals surface area contributed by atoms with Crippen molar-refractivity contribution in [1.29, 1.82) is 0 Å². The van der Waals surface area contributed by atoms with Crippen LogP contribution in [0.15, 0.2) is 36.1 Å². The summed E-state index contributed by atoms with van der Waals surface area (Å²) in [7, 11) is 2.64. The van der Waals surface area contributed by atoms with E-state index >= 15 is 0 Å². The van der Waals surface area contributed by atoms with Crippen LogP contribution in [0.1, 0.15) is 18.9 Å². The highest BCUT2D eigenvalue weighted by atomic mass is 16.8. The topological polar surface area (TPSA) is 191 Å². The monoisotopic (exact) mass is 566 g/mol. The number of aliphatic hydroxyl groups excluding tert-OH is 4. The molecule has 3 aliphatic rings. The van der Waals surface area contributed by atoms with Crippen LogP contribution in [0.3, 0.4) is 0 Å². The highest BCUT2D eigenvalue weighted by molar-refractivity contribution is 5.89. The minimum atomic E-state index is -1.65. The van der Waals surface area contributed by atoms with Crippen molar-refractivity contribution >= 4 is 18.0 Å². The van der Waals surface area contributed by atoms with E-state index in [4.69, 9.17) is 28.4 Å². The first-order valence-electron chi connectivity index (χ1n) is 12.7. The Kier molecular flexibility index (Phi) is 9.33. The van der Waals surface area contributed by atoms with Gasteiger partial charge in [-0.25, -0.2) is 9.59 Å². The van der Waals surface area contributed by atoms with Gasteiger partial charge in [0.1, 0.15) is 30.5 Å². The van der Waals surface area contributed by atoms with Crippen molar-refractivity contribution in [2.45, 2.75) is 56.4 Å². The second kappa shape index (κ2) is 12.5. The molecule has 40 heavy (non-hydrogen) atoms. The minimum absolute atomic E-state index is 0.0400. The number of hydrogen-bond donors (Lipinski definition) is 5. The van der Waals surface area contributed by atoms with E-state index in [1.165, 1.54) is 38.7 Å². The van der Waals surface area contributed by atoms with Gasteiger partial charge in [0.15, 0.2) is 17.8 Å². The zero-order chi connectivity index (χ0) is 29.1. The van der Waals surface area contributed by atoms with Crippen molar-refractivity contribution in [3.05, 3.63) is 41.7 Å². The van der Waals surface area contributed by atoms with E-state index in [1.54, 1.807) is 19.1 Å². The average molecular weight is 567 g/mol. The molecule has 0 radical (unpaired) electrons. The quantitative estimate of drug-likeness (QED) is 0.206. The third-order valence-corrected chi connectivity index (χ3v) is 7.61. The number of benzene rings is 1. The van der Waals surface area contributed by atoms with E-state index < -0.39 is 79.4 Å². The molecular formula is C27H34O13. The highest BCUT2D eigenvalue weighted by Crippen LogP contribution is 2.48. The molecule has 1 saturated carbocycles. The molecule has 2 aliphatic heterocycles. The summed E-state index contributed by atoms with van der Waals surface area (Å²) >= 11 is 0. The summed E-state index contributed by atoms with van der Waals surface area (Å²) in [6, 6.07) is 4.58. The lowest BCUT2D eigenvalue weighted by molar-refractivity contribution is -0.342. The summed E-state index contributed by atoms with van der Waals surface area (Å²) in [5.74, 6) is -2.53. The minimum Gasteiger partial charge on any atom is -0.504 e. The molecule has 1 aliphatic carbocycles. The summed E-state index contributed by atoms with van der Waals surface area (Å²) in [5, 5.41) is 49.8. The lowest BCUT2D eigenvalue weighted by atomic mass is 9.83. The number of esters is 2. The average Bonchev–Trinajstić information content (AvgIpc) is 3.28. The van der Waals surface area contributed by atoms with Crippen molar-refractivity contribution in [3.8, 4) is 11.5 Å². The predicted octanol–water partition coefficient (Wildman–Crippen LogP) is -0.172. The molecule has 0 aromatic heterocycles. The Hall–Kier alpha value is -3.20. The van der Waals surface area contributed by atoms with Crippen LogP contribution in [0, 0.1) is 17.8 Å². The van der Waals surface area contributed by atoms with Gasteiger partial charge in [0.25, 0.3) is 0 Å². The molecular weight excluding hydrogens is 532 g/mol. The normalized spacial score (nSPS) is 35.4. The van der Waals surface area contributed by atoms with E-state index in [-0.39, 0.29) is 23.5 Å². The van der Waals surface area contributed by atoms with Crippen LogP contribution in [0.2, 0.25) is 0 Å². The van der Waals surface area contributed by atoms with Crippen molar-refractivity contribution in [2.75, 3.05) is 20.8 Å². The van der Waals surface area contributed by atoms with Crippen molar-refractivity contribution in [1.82, 2.24) is 0 Å². The summed E-state index contributed by atoms with van der Waals surface area (Å²) in [6.45, 7) is 1.16. The number of hydrogen-bond acceptors (Lipinski definition) is 13. The number of phenolic OH excluding ortho intramolecular Hbond substituents is 1. The van der Waals surface area contributed by atoms with Gasteiger partial charge in [0, 0.05) is 23.8 Å². The Morgan fingerprint density at radius 2 is 1.85 bits per heavy atom. The van der Waals surface area contributed by atoms with Gasteiger partial charge in [-0.2, -0.15) is 0 Å². The highest BCUT2D eigenvalue weighted by Gasteiger charge is 2.54. The third kappa shape index (κ3) is 5.94. The Balaban J connectivity index is 1.50. The van der Waals surface area contributed by atoms with Crippen LogP contribution >= 0.6 is 0 Å². The fourth-order valence-corrected chi connectivity index (χ4v) is 5.38. The van der Waals surface area contributed by atoms with Crippen LogP contribution in [-0.2, 0) is 33.3 Å².